The Morgan fingerprint density at radius 3 is 2.46 bits per heavy atom. The number of nitriles is 1. The summed E-state index contributed by atoms with van der Waals surface area (Å²) in [5, 5.41) is 12.3. The molecule has 0 aromatic heterocycles. The van der Waals surface area contributed by atoms with Crippen molar-refractivity contribution in [3.63, 3.8) is 0 Å². The van der Waals surface area contributed by atoms with Crippen molar-refractivity contribution in [2.24, 2.45) is 0 Å². The number of hydrogen-bond donors (Lipinski definition) is 1. The molecule has 0 radical (unpaired) electrons. The molecule has 0 spiro atoms. The van der Waals surface area contributed by atoms with E-state index in [4.69, 9.17) is 5.26 Å². The van der Waals surface area contributed by atoms with Crippen LogP contribution < -0.4 is 5.32 Å². The van der Waals surface area contributed by atoms with E-state index in [1.165, 1.54) is 11.1 Å². The largest absolute Gasteiger partial charge is 0.338 e. The van der Waals surface area contributed by atoms with Crippen molar-refractivity contribution in [3.05, 3.63) is 70.8 Å². The van der Waals surface area contributed by atoms with E-state index >= 15 is 0 Å². The lowest BCUT2D eigenvalue weighted by Gasteiger charge is -2.16. The fourth-order valence-electron chi connectivity index (χ4n) is 3.03. The van der Waals surface area contributed by atoms with Crippen LogP contribution in [0.25, 0.3) is 0 Å². The molecule has 122 valence electrons. The fraction of sp³-hybridized carbons (Fsp3) is 0.300. The average Bonchev–Trinajstić information content (AvgIpc) is 3.00. The van der Waals surface area contributed by atoms with Crippen LogP contribution in [0.2, 0.25) is 0 Å². The smallest absolute Gasteiger partial charge is 0.222 e. The van der Waals surface area contributed by atoms with E-state index in [0.717, 1.165) is 31.6 Å². The molecule has 1 aliphatic rings. The minimum Gasteiger partial charge on any atom is -0.338 e. The summed E-state index contributed by atoms with van der Waals surface area (Å²) in [4.78, 5) is 13.7. The Labute approximate surface area is 142 Å². The van der Waals surface area contributed by atoms with Crippen molar-refractivity contribution in [3.8, 4) is 6.07 Å². The number of rotatable bonds is 6. The fourth-order valence-corrected chi connectivity index (χ4v) is 3.03. The van der Waals surface area contributed by atoms with Crippen LogP contribution in [0.4, 0.5) is 0 Å². The van der Waals surface area contributed by atoms with E-state index in [0.29, 0.717) is 18.5 Å². The van der Waals surface area contributed by atoms with Gasteiger partial charge in [0.15, 0.2) is 0 Å². The molecule has 1 amide bonds. The molecule has 1 heterocycles. The SMILES string of the molecule is N#Cc1cccc(CNCc2cccc(CN3CCCC3=O)c2)c1. The summed E-state index contributed by atoms with van der Waals surface area (Å²) in [6.07, 6.45) is 1.66. The van der Waals surface area contributed by atoms with Gasteiger partial charge in [-0.15, -0.1) is 0 Å². The maximum atomic E-state index is 11.7. The molecular formula is C20H21N3O. The summed E-state index contributed by atoms with van der Waals surface area (Å²) in [5.41, 5.74) is 4.17. The van der Waals surface area contributed by atoms with Gasteiger partial charge in [-0.05, 0) is 35.2 Å². The number of nitrogens with one attached hydrogen (secondary N) is 1. The van der Waals surface area contributed by atoms with Crippen molar-refractivity contribution in [1.29, 1.82) is 5.26 Å². The molecule has 0 unspecified atom stereocenters. The topological polar surface area (TPSA) is 56.1 Å². The zero-order valence-electron chi connectivity index (χ0n) is 13.7. The van der Waals surface area contributed by atoms with E-state index < -0.39 is 0 Å². The normalized spacial score (nSPS) is 14.0. The first-order valence-corrected chi connectivity index (χ1v) is 8.30. The van der Waals surface area contributed by atoms with Crippen molar-refractivity contribution >= 4 is 5.91 Å². The van der Waals surface area contributed by atoms with Crippen molar-refractivity contribution < 1.29 is 4.79 Å². The average molecular weight is 319 g/mol. The molecule has 1 aliphatic heterocycles. The molecule has 0 bridgehead atoms. The van der Waals surface area contributed by atoms with E-state index in [1.807, 2.05) is 35.2 Å². The van der Waals surface area contributed by atoms with Gasteiger partial charge in [-0.3, -0.25) is 4.79 Å². The minimum atomic E-state index is 0.260. The van der Waals surface area contributed by atoms with E-state index in [1.54, 1.807) is 0 Å². The lowest BCUT2D eigenvalue weighted by Crippen LogP contribution is -2.23. The number of likely N-dealkylation sites (tertiary alicyclic amines) is 1. The number of benzene rings is 2. The summed E-state index contributed by atoms with van der Waals surface area (Å²) in [6, 6.07) is 18.2. The molecule has 24 heavy (non-hydrogen) atoms. The Balaban J connectivity index is 1.54. The first-order valence-electron chi connectivity index (χ1n) is 8.30. The van der Waals surface area contributed by atoms with Crippen LogP contribution in [-0.4, -0.2) is 17.4 Å². The Morgan fingerprint density at radius 2 is 1.75 bits per heavy atom. The summed E-state index contributed by atoms with van der Waals surface area (Å²) >= 11 is 0. The predicted molar refractivity (Wildman–Crippen MR) is 92.8 cm³/mol. The Hall–Kier alpha value is -2.64. The van der Waals surface area contributed by atoms with Gasteiger partial charge >= 0.3 is 0 Å². The quantitative estimate of drug-likeness (QED) is 0.890. The highest BCUT2D eigenvalue weighted by Crippen LogP contribution is 2.15. The van der Waals surface area contributed by atoms with Gasteiger partial charge in [0.05, 0.1) is 11.6 Å². The highest BCUT2D eigenvalue weighted by molar-refractivity contribution is 5.78. The summed E-state index contributed by atoms with van der Waals surface area (Å²) in [7, 11) is 0. The lowest BCUT2D eigenvalue weighted by molar-refractivity contribution is -0.128. The van der Waals surface area contributed by atoms with Gasteiger partial charge in [-0.2, -0.15) is 5.26 Å². The van der Waals surface area contributed by atoms with Crippen LogP contribution in [0.5, 0.6) is 0 Å². The molecule has 4 heteroatoms. The van der Waals surface area contributed by atoms with E-state index in [-0.39, 0.29) is 5.91 Å². The summed E-state index contributed by atoms with van der Waals surface area (Å²) in [5.74, 6) is 0.260. The maximum Gasteiger partial charge on any atom is 0.222 e. The molecule has 2 aromatic carbocycles. The summed E-state index contributed by atoms with van der Waals surface area (Å²) < 4.78 is 0. The second-order valence-electron chi connectivity index (χ2n) is 6.15. The van der Waals surface area contributed by atoms with Gasteiger partial charge in [-0.1, -0.05) is 36.4 Å². The third-order valence-corrected chi connectivity index (χ3v) is 4.25. The zero-order chi connectivity index (χ0) is 16.8. The monoisotopic (exact) mass is 319 g/mol. The van der Waals surface area contributed by atoms with Crippen molar-refractivity contribution in [2.75, 3.05) is 6.54 Å². The molecule has 4 nitrogen and oxygen atoms in total. The van der Waals surface area contributed by atoms with Crippen molar-refractivity contribution in [2.45, 2.75) is 32.5 Å². The first-order chi connectivity index (χ1) is 11.7. The number of carbonyl (C=O) groups excluding carboxylic acids is 1. The molecule has 0 atom stereocenters. The number of carbonyl (C=O) groups is 1. The molecule has 0 saturated carbocycles. The standard InChI is InChI=1S/C20H21N3O/c21-12-16-4-1-5-17(10-16)13-22-14-18-6-2-7-19(11-18)15-23-9-3-8-20(23)24/h1-2,4-7,10-11,22H,3,8-9,13-15H2. The van der Waals surface area contributed by atoms with Crippen LogP contribution in [0.1, 0.15) is 35.1 Å². The maximum absolute atomic E-state index is 11.7. The Kier molecular flexibility index (Phi) is 5.25. The van der Waals surface area contributed by atoms with Gasteiger partial charge < -0.3 is 10.2 Å². The van der Waals surface area contributed by atoms with Gasteiger partial charge in [0.2, 0.25) is 5.91 Å². The third kappa shape index (κ3) is 4.21. The van der Waals surface area contributed by atoms with Crippen LogP contribution in [0.3, 0.4) is 0 Å². The lowest BCUT2D eigenvalue weighted by atomic mass is 10.1. The van der Waals surface area contributed by atoms with E-state index in [9.17, 15) is 4.79 Å². The van der Waals surface area contributed by atoms with E-state index in [2.05, 4.69) is 29.6 Å². The molecule has 2 aromatic rings. The molecule has 1 fully saturated rings. The van der Waals surface area contributed by atoms with Crippen LogP contribution in [0.15, 0.2) is 48.5 Å². The van der Waals surface area contributed by atoms with Crippen LogP contribution >= 0.6 is 0 Å². The molecule has 3 rings (SSSR count). The molecule has 1 N–H and O–H groups in total. The zero-order valence-corrected chi connectivity index (χ0v) is 13.7. The number of amides is 1. The highest BCUT2D eigenvalue weighted by atomic mass is 16.2. The Bertz CT molecular complexity index is 763. The first kappa shape index (κ1) is 16.2. The van der Waals surface area contributed by atoms with Crippen LogP contribution in [-0.2, 0) is 24.4 Å². The van der Waals surface area contributed by atoms with Crippen molar-refractivity contribution in [1.82, 2.24) is 10.2 Å². The van der Waals surface area contributed by atoms with Gasteiger partial charge in [0, 0.05) is 32.6 Å². The number of hydrogen-bond acceptors (Lipinski definition) is 3. The highest BCUT2D eigenvalue weighted by Gasteiger charge is 2.19. The van der Waals surface area contributed by atoms with Gasteiger partial charge in [-0.25, -0.2) is 0 Å². The van der Waals surface area contributed by atoms with Gasteiger partial charge in [0.1, 0.15) is 0 Å². The van der Waals surface area contributed by atoms with Crippen LogP contribution in [0, 0.1) is 11.3 Å². The summed E-state index contributed by atoms with van der Waals surface area (Å²) in [6.45, 7) is 3.07. The van der Waals surface area contributed by atoms with Gasteiger partial charge in [0.25, 0.3) is 0 Å². The second-order valence-corrected chi connectivity index (χ2v) is 6.15. The number of nitrogens with zero attached hydrogens (tertiary/aromatic N) is 2. The Morgan fingerprint density at radius 1 is 1.04 bits per heavy atom. The second kappa shape index (κ2) is 7.76. The molecule has 0 aliphatic carbocycles. The predicted octanol–water partition coefficient (Wildman–Crippen LogP) is 2.97. The third-order valence-electron chi connectivity index (χ3n) is 4.25. The minimum absolute atomic E-state index is 0.260. The molecule has 1 saturated heterocycles. The molecular weight excluding hydrogens is 298 g/mol.